The number of nitrogens with one attached hydrogen (secondary N) is 2. The SMILES string of the molecule is CN=C(NCc1cccs1)NCc1ccccc1OCCN(C)C. The Labute approximate surface area is 148 Å². The summed E-state index contributed by atoms with van der Waals surface area (Å²) in [6.07, 6.45) is 0. The second-order valence-corrected chi connectivity index (χ2v) is 6.65. The summed E-state index contributed by atoms with van der Waals surface area (Å²) in [7, 11) is 5.86. The summed E-state index contributed by atoms with van der Waals surface area (Å²) in [4.78, 5) is 7.66. The summed E-state index contributed by atoms with van der Waals surface area (Å²) < 4.78 is 5.89. The van der Waals surface area contributed by atoms with Crippen molar-refractivity contribution in [2.45, 2.75) is 13.1 Å². The molecule has 24 heavy (non-hydrogen) atoms. The lowest BCUT2D eigenvalue weighted by Crippen LogP contribution is -2.36. The van der Waals surface area contributed by atoms with Crippen molar-refractivity contribution in [2.24, 2.45) is 4.99 Å². The second-order valence-electron chi connectivity index (χ2n) is 5.62. The lowest BCUT2D eigenvalue weighted by Gasteiger charge is -2.16. The molecule has 0 bridgehead atoms. The van der Waals surface area contributed by atoms with Gasteiger partial charge in [-0.2, -0.15) is 0 Å². The van der Waals surface area contributed by atoms with Crippen LogP contribution in [0.4, 0.5) is 0 Å². The number of thiophene rings is 1. The van der Waals surface area contributed by atoms with Gasteiger partial charge in [0.25, 0.3) is 0 Å². The smallest absolute Gasteiger partial charge is 0.191 e. The van der Waals surface area contributed by atoms with Gasteiger partial charge >= 0.3 is 0 Å². The average molecular weight is 347 g/mol. The molecule has 1 aromatic heterocycles. The molecule has 0 unspecified atom stereocenters. The fourth-order valence-electron chi connectivity index (χ4n) is 2.11. The highest BCUT2D eigenvalue weighted by Crippen LogP contribution is 2.17. The Morgan fingerprint density at radius 2 is 1.92 bits per heavy atom. The van der Waals surface area contributed by atoms with E-state index in [1.165, 1.54) is 4.88 Å². The van der Waals surface area contributed by atoms with Gasteiger partial charge in [0.1, 0.15) is 12.4 Å². The predicted octanol–water partition coefficient (Wildman–Crippen LogP) is 2.55. The standard InChI is InChI=1S/C18H26N4OS/c1-19-18(21-14-16-8-6-12-24-16)20-13-15-7-4-5-9-17(15)23-11-10-22(2)3/h4-9,12H,10-11,13-14H2,1-3H3,(H2,19,20,21). The van der Waals surface area contributed by atoms with E-state index in [1.807, 2.05) is 32.3 Å². The summed E-state index contributed by atoms with van der Waals surface area (Å²) in [6, 6.07) is 12.3. The van der Waals surface area contributed by atoms with Gasteiger partial charge in [-0.1, -0.05) is 24.3 Å². The first-order valence-electron chi connectivity index (χ1n) is 8.01. The van der Waals surface area contributed by atoms with Gasteiger partial charge in [0.2, 0.25) is 0 Å². The highest BCUT2D eigenvalue weighted by molar-refractivity contribution is 7.09. The number of guanidine groups is 1. The predicted molar refractivity (Wildman–Crippen MR) is 102 cm³/mol. The molecule has 5 nitrogen and oxygen atoms in total. The Kier molecular flexibility index (Phi) is 7.58. The number of hydrogen-bond acceptors (Lipinski definition) is 4. The molecule has 0 aliphatic carbocycles. The third-order valence-electron chi connectivity index (χ3n) is 3.45. The number of ether oxygens (including phenoxy) is 1. The number of rotatable bonds is 8. The molecule has 0 saturated heterocycles. The summed E-state index contributed by atoms with van der Waals surface area (Å²) in [5, 5.41) is 8.74. The van der Waals surface area contributed by atoms with E-state index < -0.39 is 0 Å². The molecule has 2 aromatic rings. The molecular weight excluding hydrogens is 320 g/mol. The summed E-state index contributed by atoms with van der Waals surface area (Å²) >= 11 is 1.73. The molecule has 0 saturated carbocycles. The van der Waals surface area contributed by atoms with Crippen LogP contribution in [0.15, 0.2) is 46.8 Å². The van der Waals surface area contributed by atoms with Crippen molar-refractivity contribution in [1.82, 2.24) is 15.5 Å². The lowest BCUT2D eigenvalue weighted by atomic mass is 10.2. The van der Waals surface area contributed by atoms with Crippen LogP contribution in [0.2, 0.25) is 0 Å². The quantitative estimate of drug-likeness (QED) is 0.570. The summed E-state index contributed by atoms with van der Waals surface area (Å²) in [6.45, 7) is 3.02. The first-order chi connectivity index (χ1) is 11.7. The topological polar surface area (TPSA) is 48.9 Å². The van der Waals surface area contributed by atoms with Crippen molar-refractivity contribution in [3.63, 3.8) is 0 Å². The van der Waals surface area contributed by atoms with Crippen molar-refractivity contribution in [2.75, 3.05) is 34.3 Å². The number of nitrogens with zero attached hydrogens (tertiary/aromatic N) is 2. The van der Waals surface area contributed by atoms with Gasteiger partial charge in [-0.05, 0) is 31.6 Å². The van der Waals surface area contributed by atoms with Crippen molar-refractivity contribution in [3.05, 3.63) is 52.2 Å². The molecule has 0 radical (unpaired) electrons. The molecule has 130 valence electrons. The Balaban J connectivity index is 1.85. The Morgan fingerprint density at radius 3 is 2.62 bits per heavy atom. The van der Waals surface area contributed by atoms with Crippen LogP contribution in [0.1, 0.15) is 10.4 Å². The van der Waals surface area contributed by atoms with E-state index in [0.29, 0.717) is 13.2 Å². The highest BCUT2D eigenvalue weighted by Gasteiger charge is 2.05. The largest absolute Gasteiger partial charge is 0.492 e. The van der Waals surface area contributed by atoms with Crippen molar-refractivity contribution in [1.29, 1.82) is 0 Å². The Hall–Kier alpha value is -2.05. The van der Waals surface area contributed by atoms with E-state index >= 15 is 0 Å². The lowest BCUT2D eigenvalue weighted by molar-refractivity contribution is 0.259. The van der Waals surface area contributed by atoms with Crippen molar-refractivity contribution >= 4 is 17.3 Å². The summed E-state index contributed by atoms with van der Waals surface area (Å²) in [5.74, 6) is 1.70. The molecule has 1 aromatic carbocycles. The van der Waals surface area contributed by atoms with Crippen LogP contribution in [-0.2, 0) is 13.1 Å². The molecule has 6 heteroatoms. The minimum atomic E-state index is 0.669. The highest BCUT2D eigenvalue weighted by atomic mass is 32.1. The molecule has 1 heterocycles. The molecule has 0 amide bonds. The third-order valence-corrected chi connectivity index (χ3v) is 4.33. The van der Waals surface area contributed by atoms with Gasteiger partial charge in [-0.25, -0.2) is 0 Å². The Morgan fingerprint density at radius 1 is 1.12 bits per heavy atom. The van der Waals surface area contributed by atoms with E-state index in [-0.39, 0.29) is 0 Å². The first kappa shape index (κ1) is 18.3. The fourth-order valence-corrected chi connectivity index (χ4v) is 2.76. The van der Waals surface area contributed by atoms with Crippen LogP contribution >= 0.6 is 11.3 Å². The minimum absolute atomic E-state index is 0.669. The van der Waals surface area contributed by atoms with Gasteiger partial charge in [0.15, 0.2) is 5.96 Å². The zero-order valence-electron chi connectivity index (χ0n) is 14.6. The van der Waals surface area contributed by atoms with E-state index in [9.17, 15) is 0 Å². The average Bonchev–Trinajstić information content (AvgIpc) is 3.09. The number of hydrogen-bond donors (Lipinski definition) is 2. The van der Waals surface area contributed by atoms with Crippen LogP contribution in [0.25, 0.3) is 0 Å². The van der Waals surface area contributed by atoms with Gasteiger partial charge in [0.05, 0.1) is 6.54 Å². The number of likely N-dealkylation sites (N-methyl/N-ethyl adjacent to an activating group) is 1. The Bertz CT molecular complexity index is 626. The number of benzene rings is 1. The van der Waals surface area contributed by atoms with Gasteiger partial charge < -0.3 is 20.3 Å². The van der Waals surface area contributed by atoms with Crippen LogP contribution in [0.3, 0.4) is 0 Å². The van der Waals surface area contributed by atoms with E-state index in [4.69, 9.17) is 4.74 Å². The molecule has 2 rings (SSSR count). The van der Waals surface area contributed by atoms with Crippen LogP contribution in [0.5, 0.6) is 5.75 Å². The van der Waals surface area contributed by atoms with Crippen LogP contribution in [0, 0.1) is 0 Å². The minimum Gasteiger partial charge on any atom is -0.492 e. The number of aliphatic imine (C=N–C) groups is 1. The van der Waals surface area contributed by atoms with Crippen LogP contribution in [-0.4, -0.2) is 45.2 Å². The van der Waals surface area contributed by atoms with Crippen LogP contribution < -0.4 is 15.4 Å². The van der Waals surface area contributed by atoms with Gasteiger partial charge in [0, 0.05) is 30.6 Å². The summed E-state index contributed by atoms with van der Waals surface area (Å²) in [5.41, 5.74) is 1.12. The first-order valence-corrected chi connectivity index (χ1v) is 8.89. The molecule has 2 N–H and O–H groups in total. The number of para-hydroxylation sites is 1. The monoisotopic (exact) mass is 346 g/mol. The maximum absolute atomic E-state index is 5.89. The zero-order valence-corrected chi connectivity index (χ0v) is 15.4. The fraction of sp³-hybridized carbons (Fsp3) is 0.389. The van der Waals surface area contributed by atoms with Gasteiger partial charge in [-0.3, -0.25) is 4.99 Å². The molecule has 0 atom stereocenters. The maximum atomic E-state index is 5.89. The molecular formula is C18H26N4OS. The van der Waals surface area contributed by atoms with Crippen molar-refractivity contribution < 1.29 is 4.74 Å². The molecule has 0 spiro atoms. The van der Waals surface area contributed by atoms with E-state index in [1.54, 1.807) is 18.4 Å². The van der Waals surface area contributed by atoms with Gasteiger partial charge in [-0.15, -0.1) is 11.3 Å². The molecule has 0 aliphatic rings. The normalized spacial score (nSPS) is 11.6. The van der Waals surface area contributed by atoms with E-state index in [0.717, 1.165) is 30.4 Å². The van der Waals surface area contributed by atoms with E-state index in [2.05, 4.69) is 44.1 Å². The maximum Gasteiger partial charge on any atom is 0.191 e. The molecule has 0 fully saturated rings. The zero-order chi connectivity index (χ0) is 17.2. The molecule has 0 aliphatic heterocycles. The van der Waals surface area contributed by atoms with Crippen molar-refractivity contribution in [3.8, 4) is 5.75 Å². The third kappa shape index (κ3) is 6.22. The second kappa shape index (κ2) is 9.95.